The second-order valence-electron chi connectivity index (χ2n) is 3.95. The van der Waals surface area contributed by atoms with E-state index in [1.807, 2.05) is 0 Å². The van der Waals surface area contributed by atoms with Gasteiger partial charge in [0, 0.05) is 6.54 Å². The smallest absolute Gasteiger partial charge is 0.406 e. The molecule has 0 aromatic carbocycles. The molecule has 0 bridgehead atoms. The Kier molecular flexibility index (Phi) is 10.2. The predicted octanol–water partition coefficient (Wildman–Crippen LogP) is 0.827. The van der Waals surface area contributed by atoms with Crippen LogP contribution in [0.1, 0.15) is 32.1 Å². The summed E-state index contributed by atoms with van der Waals surface area (Å²) >= 11 is 0. The third-order valence-electron chi connectivity index (χ3n) is 2.64. The molecule has 0 aliphatic rings. The van der Waals surface area contributed by atoms with Gasteiger partial charge in [-0.15, -0.1) is 0 Å². The number of amides is 1. The molecule has 1 unspecified atom stereocenters. The van der Waals surface area contributed by atoms with Crippen LogP contribution in [0.3, 0.4) is 0 Å². The standard InChI is InChI=1S/C11H25N3O2/c1-16-11(15)14-8-3-2-5-10(9-13)6-4-7-12/h10H,2-9,12-13H2,1H3,(H,14,15). The molecule has 0 aliphatic carbocycles. The molecule has 1 atom stereocenters. The molecule has 0 rings (SSSR count). The van der Waals surface area contributed by atoms with E-state index in [0.29, 0.717) is 12.5 Å². The van der Waals surface area contributed by atoms with Crippen LogP contribution in [-0.2, 0) is 4.74 Å². The molecule has 5 heteroatoms. The van der Waals surface area contributed by atoms with Gasteiger partial charge in [0.1, 0.15) is 0 Å². The van der Waals surface area contributed by atoms with Crippen LogP contribution in [0.2, 0.25) is 0 Å². The van der Waals surface area contributed by atoms with Crippen molar-refractivity contribution in [2.75, 3.05) is 26.7 Å². The largest absolute Gasteiger partial charge is 0.453 e. The van der Waals surface area contributed by atoms with E-state index < -0.39 is 0 Å². The molecule has 0 saturated carbocycles. The highest BCUT2D eigenvalue weighted by Gasteiger charge is 2.05. The number of methoxy groups -OCH3 is 1. The zero-order valence-corrected chi connectivity index (χ0v) is 10.2. The van der Waals surface area contributed by atoms with Gasteiger partial charge in [0.25, 0.3) is 0 Å². The average molecular weight is 231 g/mol. The van der Waals surface area contributed by atoms with E-state index in [0.717, 1.165) is 45.2 Å². The third kappa shape index (κ3) is 8.49. The molecule has 0 heterocycles. The molecule has 0 radical (unpaired) electrons. The fraction of sp³-hybridized carbons (Fsp3) is 0.909. The summed E-state index contributed by atoms with van der Waals surface area (Å²) in [5, 5.41) is 2.65. The quantitative estimate of drug-likeness (QED) is 0.513. The van der Waals surface area contributed by atoms with Crippen LogP contribution < -0.4 is 16.8 Å². The second-order valence-corrected chi connectivity index (χ2v) is 3.95. The number of hydrogen-bond acceptors (Lipinski definition) is 4. The number of ether oxygens (including phenoxy) is 1. The van der Waals surface area contributed by atoms with Gasteiger partial charge in [-0.2, -0.15) is 0 Å². The minimum absolute atomic E-state index is 0.362. The first-order chi connectivity index (χ1) is 7.74. The summed E-state index contributed by atoms with van der Waals surface area (Å²) in [6.45, 7) is 2.13. The number of rotatable bonds is 9. The van der Waals surface area contributed by atoms with E-state index in [1.165, 1.54) is 7.11 Å². The molecule has 5 nitrogen and oxygen atoms in total. The lowest BCUT2D eigenvalue weighted by molar-refractivity contribution is 0.171. The first kappa shape index (κ1) is 15.2. The molecule has 0 aromatic rings. The van der Waals surface area contributed by atoms with Crippen LogP contribution in [0.25, 0.3) is 0 Å². The van der Waals surface area contributed by atoms with Crippen LogP contribution in [0.4, 0.5) is 4.79 Å². The van der Waals surface area contributed by atoms with Crippen molar-refractivity contribution in [2.24, 2.45) is 17.4 Å². The van der Waals surface area contributed by atoms with Gasteiger partial charge in [0.05, 0.1) is 7.11 Å². The van der Waals surface area contributed by atoms with Crippen LogP contribution in [0.15, 0.2) is 0 Å². The van der Waals surface area contributed by atoms with E-state index in [-0.39, 0.29) is 6.09 Å². The Labute approximate surface area is 97.9 Å². The summed E-state index contributed by atoms with van der Waals surface area (Å²) < 4.78 is 4.47. The average Bonchev–Trinajstić information content (AvgIpc) is 2.32. The molecular weight excluding hydrogens is 206 g/mol. The fourth-order valence-corrected chi connectivity index (χ4v) is 1.61. The lowest BCUT2D eigenvalue weighted by Gasteiger charge is -2.13. The van der Waals surface area contributed by atoms with Crippen molar-refractivity contribution in [1.29, 1.82) is 0 Å². The van der Waals surface area contributed by atoms with Crippen molar-refractivity contribution in [3.05, 3.63) is 0 Å². The van der Waals surface area contributed by atoms with Crippen molar-refractivity contribution in [3.63, 3.8) is 0 Å². The minimum atomic E-state index is -0.362. The molecule has 0 aromatic heterocycles. The van der Waals surface area contributed by atoms with E-state index in [9.17, 15) is 4.79 Å². The zero-order chi connectivity index (χ0) is 12.2. The molecule has 16 heavy (non-hydrogen) atoms. The van der Waals surface area contributed by atoms with E-state index in [4.69, 9.17) is 11.5 Å². The van der Waals surface area contributed by atoms with Crippen LogP contribution >= 0.6 is 0 Å². The Balaban J connectivity index is 3.37. The second kappa shape index (κ2) is 10.7. The Bertz CT molecular complexity index is 177. The van der Waals surface area contributed by atoms with Gasteiger partial charge in [-0.05, 0) is 44.7 Å². The lowest BCUT2D eigenvalue weighted by Crippen LogP contribution is -2.24. The van der Waals surface area contributed by atoms with Crippen molar-refractivity contribution in [2.45, 2.75) is 32.1 Å². The number of alkyl carbamates (subject to hydrolysis) is 1. The van der Waals surface area contributed by atoms with E-state index in [2.05, 4.69) is 10.1 Å². The third-order valence-corrected chi connectivity index (χ3v) is 2.64. The Morgan fingerprint density at radius 2 is 1.94 bits per heavy atom. The number of nitrogens with one attached hydrogen (secondary N) is 1. The Morgan fingerprint density at radius 3 is 2.50 bits per heavy atom. The van der Waals surface area contributed by atoms with Crippen molar-refractivity contribution < 1.29 is 9.53 Å². The topological polar surface area (TPSA) is 90.4 Å². The van der Waals surface area contributed by atoms with Gasteiger partial charge in [-0.25, -0.2) is 4.79 Å². The van der Waals surface area contributed by atoms with E-state index in [1.54, 1.807) is 0 Å². The summed E-state index contributed by atoms with van der Waals surface area (Å²) in [6.07, 6.45) is 4.95. The van der Waals surface area contributed by atoms with Crippen LogP contribution in [-0.4, -0.2) is 32.8 Å². The summed E-state index contributed by atoms with van der Waals surface area (Å²) in [5.41, 5.74) is 11.1. The molecule has 0 saturated heterocycles. The lowest BCUT2D eigenvalue weighted by atomic mass is 9.97. The van der Waals surface area contributed by atoms with Gasteiger partial charge in [-0.1, -0.05) is 6.42 Å². The molecular formula is C11H25N3O2. The van der Waals surface area contributed by atoms with Gasteiger partial charge in [-0.3, -0.25) is 0 Å². The number of hydrogen-bond donors (Lipinski definition) is 3. The highest BCUT2D eigenvalue weighted by Crippen LogP contribution is 2.12. The Morgan fingerprint density at radius 1 is 1.25 bits per heavy atom. The van der Waals surface area contributed by atoms with Gasteiger partial charge in [0.2, 0.25) is 0 Å². The zero-order valence-electron chi connectivity index (χ0n) is 10.2. The summed E-state index contributed by atoms with van der Waals surface area (Å²) in [7, 11) is 1.37. The molecule has 0 aliphatic heterocycles. The molecule has 96 valence electrons. The van der Waals surface area contributed by atoms with Crippen LogP contribution in [0.5, 0.6) is 0 Å². The summed E-state index contributed by atoms with van der Waals surface area (Å²) in [6, 6.07) is 0. The van der Waals surface area contributed by atoms with Gasteiger partial charge in [0.15, 0.2) is 0 Å². The molecule has 0 spiro atoms. The number of carbonyl (C=O) groups is 1. The molecule has 5 N–H and O–H groups in total. The number of unbranched alkanes of at least 4 members (excludes halogenated alkanes) is 1. The Hall–Kier alpha value is -0.810. The monoisotopic (exact) mass is 231 g/mol. The SMILES string of the molecule is COC(=O)NCCCCC(CN)CCCN. The maximum absolute atomic E-state index is 10.7. The normalized spacial score (nSPS) is 12.2. The highest BCUT2D eigenvalue weighted by molar-refractivity contribution is 5.66. The van der Waals surface area contributed by atoms with Gasteiger partial charge >= 0.3 is 6.09 Å². The summed E-state index contributed by atoms with van der Waals surface area (Å²) in [5.74, 6) is 0.571. The van der Waals surface area contributed by atoms with Gasteiger partial charge < -0.3 is 21.5 Å². The number of nitrogens with two attached hydrogens (primary N) is 2. The first-order valence-electron chi connectivity index (χ1n) is 5.96. The number of carbonyl (C=O) groups excluding carboxylic acids is 1. The first-order valence-corrected chi connectivity index (χ1v) is 5.96. The maximum atomic E-state index is 10.7. The van der Waals surface area contributed by atoms with E-state index >= 15 is 0 Å². The molecule has 0 fully saturated rings. The highest BCUT2D eigenvalue weighted by atomic mass is 16.5. The van der Waals surface area contributed by atoms with Crippen molar-refractivity contribution >= 4 is 6.09 Å². The van der Waals surface area contributed by atoms with Crippen molar-refractivity contribution in [1.82, 2.24) is 5.32 Å². The fourth-order valence-electron chi connectivity index (χ4n) is 1.61. The molecule has 1 amide bonds. The van der Waals surface area contributed by atoms with Crippen LogP contribution in [0, 0.1) is 5.92 Å². The summed E-state index contributed by atoms with van der Waals surface area (Å²) in [4.78, 5) is 10.7. The minimum Gasteiger partial charge on any atom is -0.453 e. The maximum Gasteiger partial charge on any atom is 0.406 e. The van der Waals surface area contributed by atoms with Crippen molar-refractivity contribution in [3.8, 4) is 0 Å². The predicted molar refractivity (Wildman–Crippen MR) is 65.1 cm³/mol.